The third-order valence-electron chi connectivity index (χ3n) is 3.21. The molecule has 1 N–H and O–H groups in total. The van der Waals surface area contributed by atoms with E-state index in [0.717, 1.165) is 6.07 Å². The van der Waals surface area contributed by atoms with Gasteiger partial charge in [-0.05, 0) is 25.0 Å². The first-order chi connectivity index (χ1) is 8.89. The molecule has 1 aromatic carbocycles. The van der Waals surface area contributed by atoms with Crippen LogP contribution in [0.5, 0.6) is 0 Å². The summed E-state index contributed by atoms with van der Waals surface area (Å²) in [5.74, 6) is -0.625. The number of amides is 1. The largest absolute Gasteiger partial charge is 0.417 e. The number of carbonyl (C=O) groups is 1. The average molecular weight is 273 g/mol. The van der Waals surface area contributed by atoms with Gasteiger partial charge in [0.05, 0.1) is 17.2 Å². The first kappa shape index (κ1) is 13.9. The highest BCUT2D eigenvalue weighted by atomic mass is 19.4. The number of likely N-dealkylation sites (tertiary alicyclic amines) is 1. The maximum atomic E-state index is 12.8. The Bertz CT molecular complexity index is 465. The molecular formula is C13H14F3NO2. The lowest BCUT2D eigenvalue weighted by Gasteiger charge is -2.30. The van der Waals surface area contributed by atoms with Crippen LogP contribution in [-0.4, -0.2) is 35.1 Å². The van der Waals surface area contributed by atoms with Crippen LogP contribution in [-0.2, 0) is 6.18 Å². The number of aliphatic hydroxyl groups excluding tert-OH is 1. The van der Waals surface area contributed by atoms with Crippen molar-refractivity contribution in [1.29, 1.82) is 0 Å². The fourth-order valence-corrected chi connectivity index (χ4v) is 2.16. The van der Waals surface area contributed by atoms with Crippen molar-refractivity contribution in [1.82, 2.24) is 4.90 Å². The Kier molecular flexibility index (Phi) is 3.80. The first-order valence-electron chi connectivity index (χ1n) is 6.03. The summed E-state index contributed by atoms with van der Waals surface area (Å²) in [6, 6.07) is 4.78. The smallest absolute Gasteiger partial charge is 0.393 e. The summed E-state index contributed by atoms with van der Waals surface area (Å²) in [5.41, 5.74) is -1.24. The summed E-state index contributed by atoms with van der Waals surface area (Å²) in [5, 5.41) is 9.35. The SMILES string of the molecule is O=C(c1ccccc1C(F)(F)F)N1CCC(O)CC1. The second-order valence-corrected chi connectivity index (χ2v) is 4.57. The van der Waals surface area contributed by atoms with Crippen molar-refractivity contribution in [2.75, 3.05) is 13.1 Å². The van der Waals surface area contributed by atoms with E-state index in [9.17, 15) is 23.1 Å². The van der Waals surface area contributed by atoms with E-state index in [4.69, 9.17) is 0 Å². The van der Waals surface area contributed by atoms with Crippen LogP contribution in [0.1, 0.15) is 28.8 Å². The number of nitrogens with zero attached hydrogens (tertiary/aromatic N) is 1. The Hall–Kier alpha value is -1.56. The van der Waals surface area contributed by atoms with Gasteiger partial charge in [0.15, 0.2) is 0 Å². The van der Waals surface area contributed by atoms with Crippen molar-refractivity contribution in [3.8, 4) is 0 Å². The molecule has 0 unspecified atom stereocenters. The molecule has 1 heterocycles. The molecule has 1 aromatic rings. The lowest BCUT2D eigenvalue weighted by molar-refractivity contribution is -0.138. The quantitative estimate of drug-likeness (QED) is 0.853. The standard InChI is InChI=1S/C13H14F3NO2/c14-13(15,16)11-4-2-1-3-10(11)12(19)17-7-5-9(18)6-8-17/h1-4,9,18H,5-8H2. The van der Waals surface area contributed by atoms with E-state index in [1.807, 2.05) is 0 Å². The third kappa shape index (κ3) is 3.07. The molecule has 1 aliphatic rings. The number of rotatable bonds is 1. The molecule has 1 amide bonds. The summed E-state index contributed by atoms with van der Waals surface area (Å²) in [7, 11) is 0. The van der Waals surface area contributed by atoms with Gasteiger partial charge in [-0.1, -0.05) is 12.1 Å². The summed E-state index contributed by atoms with van der Waals surface area (Å²) in [6.07, 6.45) is -4.21. The Morgan fingerprint density at radius 3 is 2.37 bits per heavy atom. The summed E-state index contributed by atoms with van der Waals surface area (Å²) < 4.78 is 38.5. The maximum Gasteiger partial charge on any atom is 0.417 e. The van der Waals surface area contributed by atoms with Gasteiger partial charge in [-0.15, -0.1) is 0 Å². The minimum absolute atomic E-state index is 0.284. The second kappa shape index (κ2) is 5.21. The van der Waals surface area contributed by atoms with Gasteiger partial charge in [0.25, 0.3) is 5.91 Å². The molecule has 0 aromatic heterocycles. The van der Waals surface area contributed by atoms with E-state index in [1.54, 1.807) is 0 Å². The summed E-state index contributed by atoms with van der Waals surface area (Å²) in [4.78, 5) is 13.5. The molecule has 104 valence electrons. The fourth-order valence-electron chi connectivity index (χ4n) is 2.16. The first-order valence-corrected chi connectivity index (χ1v) is 6.03. The van der Waals surface area contributed by atoms with Gasteiger partial charge in [0.2, 0.25) is 0 Å². The highest BCUT2D eigenvalue weighted by Crippen LogP contribution is 2.32. The Balaban J connectivity index is 2.24. The van der Waals surface area contributed by atoms with Crippen LogP contribution >= 0.6 is 0 Å². The summed E-state index contributed by atoms with van der Waals surface area (Å²) >= 11 is 0. The van der Waals surface area contributed by atoms with E-state index in [1.165, 1.54) is 23.1 Å². The molecule has 0 bridgehead atoms. The maximum absolute atomic E-state index is 12.8. The molecule has 1 saturated heterocycles. The zero-order valence-corrected chi connectivity index (χ0v) is 10.2. The second-order valence-electron chi connectivity index (χ2n) is 4.57. The predicted octanol–water partition coefficient (Wildman–Crippen LogP) is 2.30. The minimum atomic E-state index is -4.54. The molecule has 6 heteroatoms. The fraction of sp³-hybridized carbons (Fsp3) is 0.462. The predicted molar refractivity (Wildman–Crippen MR) is 62.6 cm³/mol. The monoisotopic (exact) mass is 273 g/mol. The molecular weight excluding hydrogens is 259 g/mol. The number of aliphatic hydroxyl groups is 1. The van der Waals surface area contributed by atoms with Crippen LogP contribution in [0.2, 0.25) is 0 Å². The number of hydrogen-bond acceptors (Lipinski definition) is 2. The van der Waals surface area contributed by atoms with Gasteiger partial charge in [-0.25, -0.2) is 0 Å². The number of halogens is 3. The van der Waals surface area contributed by atoms with Crippen LogP contribution in [0, 0.1) is 0 Å². The highest BCUT2D eigenvalue weighted by molar-refractivity contribution is 5.96. The highest BCUT2D eigenvalue weighted by Gasteiger charge is 2.36. The molecule has 1 aliphatic heterocycles. The van der Waals surface area contributed by atoms with Gasteiger partial charge >= 0.3 is 6.18 Å². The minimum Gasteiger partial charge on any atom is -0.393 e. The van der Waals surface area contributed by atoms with Crippen molar-refractivity contribution in [3.05, 3.63) is 35.4 Å². The number of piperidine rings is 1. The van der Waals surface area contributed by atoms with Crippen molar-refractivity contribution in [3.63, 3.8) is 0 Å². The Morgan fingerprint density at radius 1 is 1.21 bits per heavy atom. The summed E-state index contributed by atoms with van der Waals surface area (Å²) in [6.45, 7) is 0.568. The number of benzene rings is 1. The number of alkyl halides is 3. The van der Waals surface area contributed by atoms with Gasteiger partial charge in [-0.2, -0.15) is 13.2 Å². The molecule has 0 spiro atoms. The normalized spacial score (nSPS) is 17.6. The van der Waals surface area contributed by atoms with Crippen molar-refractivity contribution in [2.45, 2.75) is 25.1 Å². The van der Waals surface area contributed by atoms with Gasteiger partial charge in [-0.3, -0.25) is 4.79 Å². The average Bonchev–Trinajstić information content (AvgIpc) is 2.38. The van der Waals surface area contributed by atoms with Crippen molar-refractivity contribution >= 4 is 5.91 Å². The van der Waals surface area contributed by atoms with E-state index >= 15 is 0 Å². The van der Waals surface area contributed by atoms with Crippen LogP contribution in [0.4, 0.5) is 13.2 Å². The Morgan fingerprint density at radius 2 is 1.79 bits per heavy atom. The van der Waals surface area contributed by atoms with Crippen LogP contribution in [0.3, 0.4) is 0 Å². The molecule has 19 heavy (non-hydrogen) atoms. The molecule has 0 saturated carbocycles. The molecule has 3 nitrogen and oxygen atoms in total. The number of hydrogen-bond donors (Lipinski definition) is 1. The van der Waals surface area contributed by atoms with E-state index in [-0.39, 0.29) is 18.7 Å². The van der Waals surface area contributed by atoms with Crippen molar-refractivity contribution < 1.29 is 23.1 Å². The van der Waals surface area contributed by atoms with Crippen molar-refractivity contribution in [2.24, 2.45) is 0 Å². The zero-order chi connectivity index (χ0) is 14.0. The lowest BCUT2D eigenvalue weighted by atomic mass is 10.0. The van der Waals surface area contributed by atoms with Gasteiger partial charge < -0.3 is 10.0 Å². The zero-order valence-electron chi connectivity index (χ0n) is 10.2. The van der Waals surface area contributed by atoms with E-state index in [0.29, 0.717) is 12.8 Å². The topological polar surface area (TPSA) is 40.5 Å². The number of carbonyl (C=O) groups excluding carboxylic acids is 1. The van der Waals surface area contributed by atoms with Gasteiger partial charge in [0.1, 0.15) is 0 Å². The molecule has 0 aliphatic carbocycles. The van der Waals surface area contributed by atoms with E-state index in [2.05, 4.69) is 0 Å². The molecule has 1 fully saturated rings. The van der Waals surface area contributed by atoms with Crippen LogP contribution in [0.15, 0.2) is 24.3 Å². The molecule has 0 atom stereocenters. The lowest BCUT2D eigenvalue weighted by Crippen LogP contribution is -2.40. The third-order valence-corrected chi connectivity index (χ3v) is 3.21. The van der Waals surface area contributed by atoms with Crippen LogP contribution < -0.4 is 0 Å². The molecule has 0 radical (unpaired) electrons. The van der Waals surface area contributed by atoms with Gasteiger partial charge in [0, 0.05) is 13.1 Å². The van der Waals surface area contributed by atoms with E-state index < -0.39 is 23.8 Å². The Labute approximate surface area is 108 Å². The molecule has 2 rings (SSSR count). The van der Waals surface area contributed by atoms with Crippen LogP contribution in [0.25, 0.3) is 0 Å².